The fraction of sp³-hybridized carbons (Fsp3) is 0.455. The number of nitrogens with zero attached hydrogens (tertiary/aromatic N) is 1. The van der Waals surface area contributed by atoms with E-state index in [0.29, 0.717) is 6.54 Å². The molecule has 1 aromatic carbocycles. The molecule has 0 spiro atoms. The zero-order valence-electron chi connectivity index (χ0n) is 9.26. The Kier molecular flexibility index (Phi) is 2.90. The van der Waals surface area contributed by atoms with Gasteiger partial charge in [-0.15, -0.1) is 0 Å². The van der Waals surface area contributed by atoms with E-state index in [1.54, 1.807) is 0 Å². The third-order valence-corrected chi connectivity index (χ3v) is 3.89. The lowest BCUT2D eigenvalue weighted by Gasteiger charge is -2.22. The summed E-state index contributed by atoms with van der Waals surface area (Å²) in [5, 5.41) is 0. The Morgan fingerprint density at radius 1 is 1.31 bits per heavy atom. The molecular weight excluding hydrogens is 224 g/mol. The molecule has 2 rings (SSSR count). The van der Waals surface area contributed by atoms with Crippen LogP contribution in [0.25, 0.3) is 0 Å². The van der Waals surface area contributed by atoms with E-state index in [0.717, 1.165) is 24.1 Å². The van der Waals surface area contributed by atoms with Crippen LogP contribution in [-0.4, -0.2) is 20.7 Å². The third kappa shape index (κ3) is 2.36. The number of rotatable bonds is 4. The molecule has 1 aliphatic carbocycles. The lowest BCUT2D eigenvalue weighted by atomic mass is 10.2. The molecular formula is C11H16N2O2S. The van der Waals surface area contributed by atoms with Gasteiger partial charge in [0.1, 0.15) is 0 Å². The van der Waals surface area contributed by atoms with Crippen LogP contribution >= 0.6 is 0 Å². The van der Waals surface area contributed by atoms with Gasteiger partial charge in [0, 0.05) is 12.6 Å². The fourth-order valence-corrected chi connectivity index (χ4v) is 3.02. The quantitative estimate of drug-likeness (QED) is 0.856. The minimum atomic E-state index is -3.17. The number of nitrogens with two attached hydrogens (primary N) is 1. The maximum absolute atomic E-state index is 11.7. The lowest BCUT2D eigenvalue weighted by molar-refractivity contribution is 0.596. The number of benzene rings is 1. The van der Waals surface area contributed by atoms with Crippen LogP contribution in [0.1, 0.15) is 18.4 Å². The molecule has 0 bridgehead atoms. The van der Waals surface area contributed by atoms with Gasteiger partial charge in [-0.05, 0) is 30.5 Å². The molecule has 0 amide bonds. The van der Waals surface area contributed by atoms with Gasteiger partial charge in [-0.1, -0.05) is 12.1 Å². The highest BCUT2D eigenvalue weighted by Gasteiger charge is 2.34. The summed E-state index contributed by atoms with van der Waals surface area (Å²) in [6, 6.07) is 7.54. The third-order valence-electron chi connectivity index (χ3n) is 2.66. The van der Waals surface area contributed by atoms with Crippen LogP contribution in [0, 0.1) is 0 Å². The molecule has 0 atom stereocenters. The molecule has 0 aromatic heterocycles. The van der Waals surface area contributed by atoms with E-state index >= 15 is 0 Å². The molecule has 1 saturated carbocycles. The van der Waals surface area contributed by atoms with Crippen LogP contribution in [0.3, 0.4) is 0 Å². The molecule has 88 valence electrons. The van der Waals surface area contributed by atoms with Gasteiger partial charge in [-0.2, -0.15) is 0 Å². The summed E-state index contributed by atoms with van der Waals surface area (Å²) in [6.45, 7) is 0.475. The number of hydrogen-bond acceptors (Lipinski definition) is 3. The molecule has 1 aromatic rings. The van der Waals surface area contributed by atoms with Gasteiger partial charge in [-0.25, -0.2) is 8.42 Å². The summed E-state index contributed by atoms with van der Waals surface area (Å²) in [6.07, 6.45) is 3.15. The summed E-state index contributed by atoms with van der Waals surface area (Å²) >= 11 is 0. The van der Waals surface area contributed by atoms with E-state index in [9.17, 15) is 8.42 Å². The Labute approximate surface area is 96.1 Å². The number of sulfonamides is 1. The van der Waals surface area contributed by atoms with E-state index in [2.05, 4.69) is 0 Å². The molecule has 5 heteroatoms. The van der Waals surface area contributed by atoms with Crippen LogP contribution in [-0.2, 0) is 16.6 Å². The van der Waals surface area contributed by atoms with Gasteiger partial charge in [0.2, 0.25) is 10.0 Å². The monoisotopic (exact) mass is 240 g/mol. The summed E-state index contributed by atoms with van der Waals surface area (Å²) in [5.74, 6) is 0. The minimum absolute atomic E-state index is 0.152. The Balaban J connectivity index is 2.32. The Bertz CT molecular complexity index is 463. The van der Waals surface area contributed by atoms with Crippen LogP contribution in [0.2, 0.25) is 0 Å². The van der Waals surface area contributed by atoms with E-state index in [-0.39, 0.29) is 6.04 Å². The average Bonchev–Trinajstić information content (AvgIpc) is 3.01. The van der Waals surface area contributed by atoms with E-state index < -0.39 is 10.0 Å². The van der Waals surface area contributed by atoms with Crippen LogP contribution in [0.5, 0.6) is 0 Å². The standard InChI is InChI=1S/C11H16N2O2S/c1-16(14,15)13(11-6-7-11)10-4-2-9(8-12)3-5-10/h2-5,11H,6-8,12H2,1H3. The molecule has 0 aliphatic heterocycles. The van der Waals surface area contributed by atoms with Gasteiger partial charge >= 0.3 is 0 Å². The normalized spacial score (nSPS) is 16.1. The van der Waals surface area contributed by atoms with E-state index in [1.165, 1.54) is 10.6 Å². The van der Waals surface area contributed by atoms with Gasteiger partial charge in [0.15, 0.2) is 0 Å². The molecule has 16 heavy (non-hydrogen) atoms. The van der Waals surface area contributed by atoms with Crippen LogP contribution < -0.4 is 10.0 Å². The highest BCUT2D eigenvalue weighted by Crippen LogP contribution is 2.33. The fourth-order valence-electron chi connectivity index (χ4n) is 1.76. The zero-order chi connectivity index (χ0) is 11.8. The highest BCUT2D eigenvalue weighted by molar-refractivity contribution is 7.92. The topological polar surface area (TPSA) is 63.4 Å². The molecule has 4 nitrogen and oxygen atoms in total. The van der Waals surface area contributed by atoms with E-state index in [1.807, 2.05) is 24.3 Å². The Morgan fingerprint density at radius 3 is 2.25 bits per heavy atom. The molecule has 0 saturated heterocycles. The zero-order valence-corrected chi connectivity index (χ0v) is 10.1. The molecule has 0 unspecified atom stereocenters. The van der Waals surface area contributed by atoms with Crippen molar-refractivity contribution in [1.82, 2.24) is 0 Å². The number of anilines is 1. The first-order chi connectivity index (χ1) is 7.52. The summed E-state index contributed by atoms with van der Waals surface area (Å²) in [4.78, 5) is 0. The molecule has 0 heterocycles. The summed E-state index contributed by atoms with van der Waals surface area (Å²) in [5.41, 5.74) is 7.25. The smallest absolute Gasteiger partial charge is 0.232 e. The Hall–Kier alpha value is -1.07. The molecule has 1 aliphatic rings. The first-order valence-corrected chi connectivity index (χ1v) is 7.15. The van der Waals surface area contributed by atoms with Gasteiger partial charge in [-0.3, -0.25) is 4.31 Å². The second-order valence-corrected chi connectivity index (χ2v) is 6.02. The van der Waals surface area contributed by atoms with Crippen LogP contribution in [0.4, 0.5) is 5.69 Å². The van der Waals surface area contributed by atoms with Crippen molar-refractivity contribution >= 4 is 15.7 Å². The molecule has 1 fully saturated rings. The van der Waals surface area contributed by atoms with Crippen LogP contribution in [0.15, 0.2) is 24.3 Å². The second-order valence-electron chi connectivity index (χ2n) is 4.16. The first-order valence-electron chi connectivity index (χ1n) is 5.31. The Morgan fingerprint density at radius 2 is 1.88 bits per heavy atom. The summed E-state index contributed by atoms with van der Waals surface area (Å²) in [7, 11) is -3.17. The SMILES string of the molecule is CS(=O)(=O)N(c1ccc(CN)cc1)C1CC1. The predicted octanol–water partition coefficient (Wildman–Crippen LogP) is 1.07. The minimum Gasteiger partial charge on any atom is -0.326 e. The van der Waals surface area contributed by atoms with Gasteiger partial charge < -0.3 is 5.73 Å². The van der Waals surface area contributed by atoms with Crippen molar-refractivity contribution in [1.29, 1.82) is 0 Å². The van der Waals surface area contributed by atoms with Crippen molar-refractivity contribution in [3.05, 3.63) is 29.8 Å². The molecule has 0 radical (unpaired) electrons. The maximum atomic E-state index is 11.7. The van der Waals surface area contributed by atoms with Crippen molar-refractivity contribution in [3.63, 3.8) is 0 Å². The van der Waals surface area contributed by atoms with Crippen molar-refractivity contribution in [3.8, 4) is 0 Å². The largest absolute Gasteiger partial charge is 0.326 e. The van der Waals surface area contributed by atoms with Crippen molar-refractivity contribution < 1.29 is 8.42 Å². The molecule has 2 N–H and O–H groups in total. The summed E-state index contributed by atoms with van der Waals surface area (Å²) < 4.78 is 24.8. The predicted molar refractivity (Wildman–Crippen MR) is 64.7 cm³/mol. The van der Waals surface area contributed by atoms with Crippen molar-refractivity contribution in [2.75, 3.05) is 10.6 Å². The number of hydrogen-bond donors (Lipinski definition) is 1. The van der Waals surface area contributed by atoms with Gasteiger partial charge in [0.05, 0.1) is 11.9 Å². The lowest BCUT2D eigenvalue weighted by Crippen LogP contribution is -2.31. The second kappa shape index (κ2) is 4.07. The first kappa shape index (κ1) is 11.4. The van der Waals surface area contributed by atoms with E-state index in [4.69, 9.17) is 5.73 Å². The highest BCUT2D eigenvalue weighted by atomic mass is 32.2. The van der Waals surface area contributed by atoms with Crippen molar-refractivity contribution in [2.45, 2.75) is 25.4 Å². The van der Waals surface area contributed by atoms with Crippen molar-refractivity contribution in [2.24, 2.45) is 5.73 Å². The average molecular weight is 240 g/mol. The van der Waals surface area contributed by atoms with Gasteiger partial charge in [0.25, 0.3) is 0 Å². The maximum Gasteiger partial charge on any atom is 0.232 e.